The molecule has 1 amide bonds. The number of aromatic nitrogens is 1. The number of nitrogens with zero attached hydrogens (tertiary/aromatic N) is 1. The summed E-state index contributed by atoms with van der Waals surface area (Å²) < 4.78 is 32.6. The van der Waals surface area contributed by atoms with Crippen molar-refractivity contribution in [2.24, 2.45) is 10.7 Å². The van der Waals surface area contributed by atoms with Crippen molar-refractivity contribution < 1.29 is 27.9 Å². The summed E-state index contributed by atoms with van der Waals surface area (Å²) >= 11 is 3.21. The molecule has 11 nitrogen and oxygen atoms in total. The highest BCUT2D eigenvalue weighted by Crippen LogP contribution is 2.10. The largest absolute Gasteiger partial charge is 0.748 e. The Morgan fingerprint density at radius 1 is 1.58 bits per heavy atom. The number of hydrogen-bond donors (Lipinski definition) is 6. The predicted molar refractivity (Wildman–Crippen MR) is 95.1 cm³/mol. The van der Waals surface area contributed by atoms with Gasteiger partial charge in [-0.25, -0.2) is 8.42 Å². The van der Waals surface area contributed by atoms with Crippen LogP contribution in [0.15, 0.2) is 33.5 Å². The molecular weight excluding hydrogens is 432 g/mol. The van der Waals surface area contributed by atoms with Crippen LogP contribution in [0.5, 0.6) is 0 Å². The van der Waals surface area contributed by atoms with Crippen molar-refractivity contribution in [3.05, 3.63) is 34.2 Å². The molecule has 142 valence electrons. The third kappa shape index (κ3) is 6.25. The molecular formula is C13H17BrN6O5S. The second kappa shape index (κ2) is 8.44. The van der Waals surface area contributed by atoms with Crippen molar-refractivity contribution in [2.45, 2.75) is 6.10 Å². The van der Waals surface area contributed by atoms with E-state index in [1.54, 1.807) is 12.3 Å². The number of nitrogens with two attached hydrogens (primary N) is 1. The molecule has 0 radical (unpaired) electrons. The molecule has 13 heteroatoms. The Bertz CT molecular complexity index is 875. The van der Waals surface area contributed by atoms with Gasteiger partial charge in [-0.05, 0) is 33.1 Å². The highest BCUT2D eigenvalue weighted by atomic mass is 79.9. The number of aliphatic hydroxyl groups is 1. The number of halogens is 1. The van der Waals surface area contributed by atoms with Crippen LogP contribution in [0, 0.1) is 0 Å². The van der Waals surface area contributed by atoms with Crippen LogP contribution in [0.4, 0.5) is 0 Å². The van der Waals surface area contributed by atoms with Crippen molar-refractivity contribution in [1.29, 1.82) is 0 Å². The van der Waals surface area contributed by atoms with Gasteiger partial charge in [0.15, 0.2) is 0 Å². The van der Waals surface area contributed by atoms with E-state index in [2.05, 4.69) is 41.5 Å². The fourth-order valence-electron chi connectivity index (χ4n) is 2.00. The van der Waals surface area contributed by atoms with E-state index < -0.39 is 27.9 Å². The molecule has 1 atom stereocenters. The number of carbonyl (C=O) groups is 1. The molecule has 2 heterocycles. The van der Waals surface area contributed by atoms with Crippen LogP contribution in [0.2, 0.25) is 0 Å². The Hall–Kier alpha value is -2.22. The summed E-state index contributed by atoms with van der Waals surface area (Å²) in [6.45, 7) is -0.242. The van der Waals surface area contributed by atoms with Gasteiger partial charge in [0.1, 0.15) is 11.4 Å². The molecule has 0 bridgehead atoms. The fourth-order valence-corrected chi connectivity index (χ4v) is 2.69. The maximum Gasteiger partial charge on any atom is 0.344 e. The van der Waals surface area contributed by atoms with Gasteiger partial charge in [-0.2, -0.15) is 0 Å². The second-order valence-corrected chi connectivity index (χ2v) is 7.69. The van der Waals surface area contributed by atoms with Crippen molar-refractivity contribution in [3.63, 3.8) is 0 Å². The summed E-state index contributed by atoms with van der Waals surface area (Å²) in [5.74, 6) is -0.795. The van der Waals surface area contributed by atoms with E-state index in [4.69, 9.17) is 5.73 Å². The predicted octanol–water partition coefficient (Wildman–Crippen LogP) is -3.31. The van der Waals surface area contributed by atoms with E-state index in [-0.39, 0.29) is 24.9 Å². The fraction of sp³-hybridized carbons (Fsp3) is 0.308. The first-order chi connectivity index (χ1) is 12.1. The maximum atomic E-state index is 11.9. The summed E-state index contributed by atoms with van der Waals surface area (Å²) in [7, 11) is -4.36. The molecule has 1 unspecified atom stereocenters. The van der Waals surface area contributed by atoms with Gasteiger partial charge in [-0.15, -0.1) is 0 Å². The Balaban J connectivity index is 1.95. The second-order valence-electron chi connectivity index (χ2n) is 5.25. The molecule has 0 spiro atoms. The zero-order chi connectivity index (χ0) is 19.3. The standard InChI is InChI=1S/C13H17BrN6O5S/c14-7-3-10(17-5-7)12(22)18-6-8(21)4-9-11(20-13(15)19-9)16-1-2-26(23,24)25/h3-5,8,17,21H,1-2,6H2,(H,18,22)(H,23,24,25)(H3,15,16,19,20)/b9-4-. The number of carbonyl (C=O) groups excluding carboxylic acids is 1. The van der Waals surface area contributed by atoms with Gasteiger partial charge in [-0.1, -0.05) is 0 Å². The van der Waals surface area contributed by atoms with Gasteiger partial charge < -0.3 is 25.7 Å². The summed E-state index contributed by atoms with van der Waals surface area (Å²) in [5, 5.41) is 15.3. The number of amides is 1. The van der Waals surface area contributed by atoms with Gasteiger partial charge in [0.05, 0.1) is 28.5 Å². The van der Waals surface area contributed by atoms with Crippen molar-refractivity contribution >= 4 is 43.8 Å². The van der Waals surface area contributed by atoms with E-state index in [0.29, 0.717) is 11.4 Å². The van der Waals surface area contributed by atoms with Gasteiger partial charge in [-0.3, -0.25) is 15.1 Å². The van der Waals surface area contributed by atoms with E-state index in [1.807, 2.05) is 0 Å². The zero-order valence-electron chi connectivity index (χ0n) is 13.3. The average Bonchev–Trinajstić information content (AvgIpc) is 3.10. The van der Waals surface area contributed by atoms with Gasteiger partial charge >= 0.3 is 11.8 Å². The molecule has 1 aliphatic heterocycles. The smallest absolute Gasteiger partial charge is 0.344 e. The lowest BCUT2D eigenvalue weighted by molar-refractivity contribution is -0.451. The van der Waals surface area contributed by atoms with Crippen LogP contribution in [0.25, 0.3) is 0 Å². The minimum absolute atomic E-state index is 0.0381. The molecule has 7 N–H and O–H groups in total. The molecule has 0 fully saturated rings. The Morgan fingerprint density at radius 3 is 2.92 bits per heavy atom. The van der Waals surface area contributed by atoms with Crippen molar-refractivity contribution in [2.75, 3.05) is 18.8 Å². The summed E-state index contributed by atoms with van der Waals surface area (Å²) in [6, 6.07) is 1.59. The van der Waals surface area contributed by atoms with Crippen LogP contribution in [0.1, 0.15) is 10.5 Å². The van der Waals surface area contributed by atoms with Crippen LogP contribution in [-0.2, 0) is 10.1 Å². The Morgan fingerprint density at radius 2 is 2.31 bits per heavy atom. The van der Waals surface area contributed by atoms with Crippen LogP contribution < -0.4 is 21.4 Å². The molecule has 0 aromatic carbocycles. The minimum atomic E-state index is -4.36. The Kier molecular flexibility index (Phi) is 6.52. The number of aliphatic hydroxyl groups excluding tert-OH is 1. The molecule has 26 heavy (non-hydrogen) atoms. The number of aliphatic imine (C=N–C) groups is 1. The number of amidine groups is 1. The monoisotopic (exact) mass is 448 g/mol. The quantitative estimate of drug-likeness (QED) is 0.235. The average molecular weight is 449 g/mol. The van der Waals surface area contributed by atoms with Crippen LogP contribution in [-0.4, -0.2) is 65.7 Å². The molecule has 2 rings (SSSR count). The topological polar surface area (TPSA) is 187 Å². The third-order valence-electron chi connectivity index (χ3n) is 3.12. The molecule has 0 saturated heterocycles. The van der Waals surface area contributed by atoms with Crippen LogP contribution >= 0.6 is 15.9 Å². The lowest BCUT2D eigenvalue weighted by atomic mass is 10.2. The zero-order valence-corrected chi connectivity index (χ0v) is 15.7. The number of rotatable bonds is 7. The number of hydrogen-bond acceptors (Lipinski definition) is 7. The highest BCUT2D eigenvalue weighted by molar-refractivity contribution is 9.10. The van der Waals surface area contributed by atoms with E-state index in [9.17, 15) is 22.9 Å². The van der Waals surface area contributed by atoms with Crippen LogP contribution in [0.3, 0.4) is 0 Å². The lowest BCUT2D eigenvalue weighted by Crippen LogP contribution is -2.74. The van der Waals surface area contributed by atoms with E-state index >= 15 is 0 Å². The first-order valence-corrected chi connectivity index (χ1v) is 9.69. The Labute approximate surface area is 157 Å². The third-order valence-corrected chi connectivity index (χ3v) is 4.28. The highest BCUT2D eigenvalue weighted by Gasteiger charge is 2.26. The number of guanidine groups is 1. The number of H-pyrrole nitrogens is 1. The molecule has 1 aliphatic rings. The van der Waals surface area contributed by atoms with Gasteiger partial charge in [0.25, 0.3) is 5.91 Å². The minimum Gasteiger partial charge on any atom is -0.748 e. The summed E-state index contributed by atoms with van der Waals surface area (Å²) in [5.41, 5.74) is 6.18. The number of aromatic amines is 1. The van der Waals surface area contributed by atoms with E-state index in [0.717, 1.165) is 4.47 Å². The first kappa shape index (κ1) is 20.1. The van der Waals surface area contributed by atoms with Gasteiger partial charge in [0, 0.05) is 17.2 Å². The number of nitrogens with one attached hydrogen (secondary N) is 4. The molecule has 0 aliphatic carbocycles. The summed E-state index contributed by atoms with van der Waals surface area (Å²) in [6.07, 6.45) is 1.88. The van der Waals surface area contributed by atoms with Crippen molar-refractivity contribution in [3.8, 4) is 0 Å². The normalized spacial score (nSPS) is 18.7. The van der Waals surface area contributed by atoms with E-state index in [1.165, 1.54) is 6.08 Å². The first-order valence-electron chi connectivity index (χ1n) is 7.32. The van der Waals surface area contributed by atoms with Gasteiger partial charge in [0.2, 0.25) is 0 Å². The molecule has 0 saturated carbocycles. The van der Waals surface area contributed by atoms with Crippen molar-refractivity contribution in [1.82, 2.24) is 15.6 Å². The molecule has 1 aromatic rings. The maximum absolute atomic E-state index is 11.9. The molecule has 1 aromatic heterocycles. The lowest BCUT2D eigenvalue weighted by Gasteiger charge is -2.08. The summed E-state index contributed by atoms with van der Waals surface area (Å²) in [4.78, 5) is 21.2. The SMILES string of the molecule is NC1=NC(=[NH+]CCS(=O)(=O)[O-])/C(=C/C(O)CNC(=O)c2cc(Br)c[nH]2)N1.